The zero-order chi connectivity index (χ0) is 21.1. The maximum atomic E-state index is 12.2. The Balaban J connectivity index is 1.50. The van der Waals surface area contributed by atoms with Crippen LogP contribution in [0.5, 0.6) is 0 Å². The van der Waals surface area contributed by atoms with Gasteiger partial charge in [-0.1, -0.05) is 53.7 Å². The lowest BCUT2D eigenvalue weighted by atomic mass is 10.2. The van der Waals surface area contributed by atoms with E-state index in [1.807, 2.05) is 53.9 Å². The predicted molar refractivity (Wildman–Crippen MR) is 122 cm³/mol. The van der Waals surface area contributed by atoms with E-state index in [1.54, 1.807) is 11.0 Å². The summed E-state index contributed by atoms with van der Waals surface area (Å²) in [4.78, 5) is 18.4. The molecule has 0 saturated heterocycles. The van der Waals surface area contributed by atoms with Gasteiger partial charge in [0.05, 0.1) is 16.4 Å². The molecule has 152 valence electrons. The van der Waals surface area contributed by atoms with Gasteiger partial charge in [0.25, 0.3) is 0 Å². The molecule has 0 aliphatic carbocycles. The first kappa shape index (κ1) is 20.4. The molecule has 0 atom stereocenters. The Kier molecular flexibility index (Phi) is 6.03. The molecular weight excluding hydrogens is 440 g/mol. The lowest BCUT2D eigenvalue weighted by Gasteiger charge is -2.17. The molecule has 0 radical (unpaired) electrons. The smallest absolute Gasteiger partial charge is 0.230 e. The van der Waals surface area contributed by atoms with Gasteiger partial charge in [-0.25, -0.2) is 9.66 Å². The van der Waals surface area contributed by atoms with E-state index in [-0.39, 0.29) is 5.91 Å². The first-order chi connectivity index (χ1) is 14.5. The zero-order valence-electron chi connectivity index (χ0n) is 15.9. The number of nitrogens with two attached hydrogens (primary N) is 1. The van der Waals surface area contributed by atoms with Crippen LogP contribution in [0, 0.1) is 0 Å². The topological polar surface area (TPSA) is 89.9 Å². The van der Waals surface area contributed by atoms with Crippen LogP contribution in [0.25, 0.3) is 11.4 Å². The number of benzene rings is 2. The van der Waals surface area contributed by atoms with Crippen molar-refractivity contribution in [2.24, 2.45) is 0 Å². The first-order valence-electron chi connectivity index (χ1n) is 8.93. The minimum atomic E-state index is -0.0964. The van der Waals surface area contributed by atoms with Crippen molar-refractivity contribution in [2.75, 3.05) is 10.7 Å². The molecule has 0 spiro atoms. The molecule has 0 aliphatic heterocycles. The lowest BCUT2D eigenvalue weighted by molar-refractivity contribution is -0.115. The third kappa shape index (κ3) is 4.18. The van der Waals surface area contributed by atoms with Gasteiger partial charge in [-0.15, -0.1) is 21.5 Å². The fraction of sp³-hybridized carbons (Fsp3) is 0.100. The molecule has 2 N–H and O–H groups in total. The van der Waals surface area contributed by atoms with Gasteiger partial charge in [-0.05, 0) is 24.3 Å². The van der Waals surface area contributed by atoms with Crippen LogP contribution in [0.15, 0.2) is 65.1 Å². The molecule has 0 bridgehead atoms. The number of para-hydroxylation sites is 1. The van der Waals surface area contributed by atoms with Crippen LogP contribution in [-0.2, 0) is 10.5 Å². The van der Waals surface area contributed by atoms with Gasteiger partial charge < -0.3 is 5.84 Å². The Bertz CT molecular complexity index is 1180. The summed E-state index contributed by atoms with van der Waals surface area (Å²) in [6, 6.07) is 16.8. The monoisotopic (exact) mass is 456 g/mol. The number of anilines is 2. The van der Waals surface area contributed by atoms with Crippen LogP contribution in [0.2, 0.25) is 5.02 Å². The standard InChI is InChI=1S/C20H17ClN6OS2/c1-13(28)26(15-7-3-2-4-8-15)19-23-14(11-29-19)12-30-20-25-24-18(27(20)22)16-9-5-6-10-17(16)21/h2-11H,12,22H2,1H3. The molecule has 30 heavy (non-hydrogen) atoms. The number of carbonyl (C=O) groups is 1. The van der Waals surface area contributed by atoms with Gasteiger partial charge in [0.2, 0.25) is 11.1 Å². The van der Waals surface area contributed by atoms with E-state index in [1.165, 1.54) is 34.7 Å². The van der Waals surface area contributed by atoms with Crippen LogP contribution in [0.3, 0.4) is 0 Å². The highest BCUT2D eigenvalue weighted by molar-refractivity contribution is 7.98. The number of rotatable bonds is 6. The molecule has 0 aliphatic rings. The van der Waals surface area contributed by atoms with Crippen LogP contribution in [-0.4, -0.2) is 25.8 Å². The number of aromatic nitrogens is 4. The molecule has 2 heterocycles. The summed E-state index contributed by atoms with van der Waals surface area (Å²) in [5, 5.41) is 12.0. The fourth-order valence-electron chi connectivity index (χ4n) is 2.81. The number of hydrogen-bond acceptors (Lipinski definition) is 7. The van der Waals surface area contributed by atoms with Crippen molar-refractivity contribution < 1.29 is 4.79 Å². The summed E-state index contributed by atoms with van der Waals surface area (Å²) < 4.78 is 1.42. The number of thiazole rings is 1. The van der Waals surface area contributed by atoms with Crippen LogP contribution in [0.4, 0.5) is 10.8 Å². The number of hydrogen-bond donors (Lipinski definition) is 1. The Hall–Kier alpha value is -2.88. The molecule has 7 nitrogen and oxygen atoms in total. The number of thioether (sulfide) groups is 1. The minimum absolute atomic E-state index is 0.0964. The summed E-state index contributed by atoms with van der Waals surface area (Å²) in [5.74, 6) is 7.11. The second kappa shape index (κ2) is 8.86. The Morgan fingerprint density at radius 1 is 1.17 bits per heavy atom. The molecule has 4 rings (SSSR count). The SMILES string of the molecule is CC(=O)N(c1ccccc1)c1nc(CSc2nnc(-c3ccccc3Cl)n2N)cs1. The number of nitrogens with zero attached hydrogens (tertiary/aromatic N) is 5. The van der Waals surface area contributed by atoms with Gasteiger partial charge in [-0.2, -0.15) is 0 Å². The van der Waals surface area contributed by atoms with Gasteiger partial charge in [0, 0.05) is 23.6 Å². The van der Waals surface area contributed by atoms with Crippen molar-refractivity contribution in [3.8, 4) is 11.4 Å². The van der Waals surface area contributed by atoms with E-state index in [9.17, 15) is 4.79 Å². The van der Waals surface area contributed by atoms with E-state index in [0.717, 1.165) is 16.9 Å². The number of nitrogen functional groups attached to an aromatic ring is 1. The molecule has 4 aromatic rings. The molecule has 2 aromatic heterocycles. The first-order valence-corrected chi connectivity index (χ1v) is 11.2. The highest BCUT2D eigenvalue weighted by Gasteiger charge is 2.19. The van der Waals surface area contributed by atoms with E-state index < -0.39 is 0 Å². The second-order valence-electron chi connectivity index (χ2n) is 6.26. The average molecular weight is 457 g/mol. The quantitative estimate of drug-likeness (QED) is 0.332. The third-order valence-electron chi connectivity index (χ3n) is 4.19. The van der Waals surface area contributed by atoms with Crippen LogP contribution < -0.4 is 10.7 Å². The van der Waals surface area contributed by atoms with Crippen molar-refractivity contribution >= 4 is 51.4 Å². The van der Waals surface area contributed by atoms with Gasteiger partial charge in [0.1, 0.15) is 0 Å². The van der Waals surface area contributed by atoms with Crippen molar-refractivity contribution in [2.45, 2.75) is 17.8 Å². The third-order valence-corrected chi connectivity index (χ3v) is 6.37. The maximum absolute atomic E-state index is 12.2. The van der Waals surface area contributed by atoms with E-state index in [2.05, 4.69) is 15.2 Å². The fourth-order valence-corrected chi connectivity index (χ4v) is 4.77. The van der Waals surface area contributed by atoms with Crippen molar-refractivity contribution in [1.29, 1.82) is 0 Å². The van der Waals surface area contributed by atoms with Crippen LogP contribution >= 0.6 is 34.7 Å². The molecule has 0 unspecified atom stereocenters. The summed E-state index contributed by atoms with van der Waals surface area (Å²) in [6.07, 6.45) is 0. The molecule has 0 fully saturated rings. The molecule has 10 heteroatoms. The Labute approximate surface area is 186 Å². The summed E-state index contributed by atoms with van der Waals surface area (Å²) >= 11 is 9.06. The summed E-state index contributed by atoms with van der Waals surface area (Å²) in [7, 11) is 0. The van der Waals surface area contributed by atoms with E-state index in [0.29, 0.717) is 26.9 Å². The van der Waals surface area contributed by atoms with Crippen molar-refractivity contribution in [3.05, 3.63) is 70.7 Å². The molecule has 1 amide bonds. The largest absolute Gasteiger partial charge is 0.335 e. The second-order valence-corrected chi connectivity index (χ2v) is 8.44. The van der Waals surface area contributed by atoms with Gasteiger partial charge >= 0.3 is 0 Å². The van der Waals surface area contributed by atoms with E-state index in [4.69, 9.17) is 17.4 Å². The summed E-state index contributed by atoms with van der Waals surface area (Å²) in [5.41, 5.74) is 2.33. The Morgan fingerprint density at radius 2 is 1.90 bits per heavy atom. The number of halogens is 1. The number of carbonyl (C=O) groups excluding carboxylic acids is 1. The predicted octanol–water partition coefficient (Wildman–Crippen LogP) is 4.75. The highest BCUT2D eigenvalue weighted by Crippen LogP contribution is 2.32. The van der Waals surface area contributed by atoms with Crippen LogP contribution in [0.1, 0.15) is 12.6 Å². The zero-order valence-corrected chi connectivity index (χ0v) is 18.3. The lowest BCUT2D eigenvalue weighted by Crippen LogP contribution is -2.22. The summed E-state index contributed by atoms with van der Waals surface area (Å²) in [6.45, 7) is 1.52. The number of amides is 1. The molecular formula is C20H17ClN6OS2. The maximum Gasteiger partial charge on any atom is 0.230 e. The van der Waals surface area contributed by atoms with Gasteiger partial charge in [-0.3, -0.25) is 9.69 Å². The normalized spacial score (nSPS) is 10.9. The molecule has 0 saturated carbocycles. The van der Waals surface area contributed by atoms with E-state index >= 15 is 0 Å². The average Bonchev–Trinajstić information content (AvgIpc) is 3.34. The van der Waals surface area contributed by atoms with Gasteiger partial charge in [0.15, 0.2) is 11.0 Å². The Morgan fingerprint density at radius 3 is 2.63 bits per heavy atom. The molecule has 2 aromatic carbocycles. The highest BCUT2D eigenvalue weighted by atomic mass is 35.5. The van der Waals surface area contributed by atoms with Crippen molar-refractivity contribution in [1.82, 2.24) is 19.9 Å². The minimum Gasteiger partial charge on any atom is -0.335 e. The van der Waals surface area contributed by atoms with Crippen molar-refractivity contribution in [3.63, 3.8) is 0 Å².